The second-order valence-electron chi connectivity index (χ2n) is 6.75. The largest absolute Gasteiger partial charge is 0.497 e. The van der Waals surface area contributed by atoms with Gasteiger partial charge in [-0.05, 0) is 43.5 Å². The number of ether oxygens (including phenoxy) is 1. The molecule has 1 unspecified atom stereocenters. The average molecular weight is 366 g/mol. The number of methoxy groups -OCH3 is 1. The zero-order valence-corrected chi connectivity index (χ0v) is 16.8. The van der Waals surface area contributed by atoms with Crippen molar-refractivity contribution in [2.75, 3.05) is 27.2 Å². The summed E-state index contributed by atoms with van der Waals surface area (Å²) in [5.41, 5.74) is 6.43. The molecule has 6 heteroatoms. The lowest BCUT2D eigenvalue weighted by atomic mass is 10.2. The molecule has 148 valence electrons. The zero-order valence-electron chi connectivity index (χ0n) is 16.8. The third-order valence-corrected chi connectivity index (χ3v) is 3.49. The van der Waals surface area contributed by atoms with E-state index in [1.54, 1.807) is 12.0 Å². The monoisotopic (exact) mass is 365 g/mol. The van der Waals surface area contributed by atoms with Gasteiger partial charge in [-0.25, -0.2) is 0 Å². The average Bonchev–Trinajstić information content (AvgIpc) is 3.11. The Morgan fingerprint density at radius 2 is 1.92 bits per heavy atom. The molecule has 3 N–H and O–H groups in total. The van der Waals surface area contributed by atoms with Crippen molar-refractivity contribution in [1.82, 2.24) is 10.2 Å². The van der Waals surface area contributed by atoms with Gasteiger partial charge in [0, 0.05) is 13.1 Å². The molecule has 1 aromatic carbocycles. The topological polar surface area (TPSA) is 84.7 Å². The van der Waals surface area contributed by atoms with Gasteiger partial charge in [0.1, 0.15) is 12.0 Å². The highest BCUT2D eigenvalue weighted by Crippen LogP contribution is 2.14. The van der Waals surface area contributed by atoms with Crippen molar-refractivity contribution >= 4 is 12.2 Å². The summed E-state index contributed by atoms with van der Waals surface area (Å²) >= 11 is 0. The number of aldehydes is 1. The third-order valence-electron chi connectivity index (χ3n) is 3.49. The van der Waals surface area contributed by atoms with Gasteiger partial charge in [0.05, 0.1) is 19.7 Å². The Morgan fingerprint density at radius 3 is 2.35 bits per heavy atom. The van der Waals surface area contributed by atoms with E-state index >= 15 is 0 Å². The second kappa shape index (κ2) is 14.3. The molecule has 1 amide bonds. The number of nitrogens with zero attached hydrogens (tertiary/aromatic N) is 1. The van der Waals surface area contributed by atoms with Gasteiger partial charge < -0.3 is 25.5 Å². The zero-order chi connectivity index (χ0) is 19.9. The predicted molar refractivity (Wildman–Crippen MR) is 106 cm³/mol. The number of benzene rings is 1. The lowest BCUT2D eigenvalue weighted by Gasteiger charge is -2.18. The van der Waals surface area contributed by atoms with E-state index in [1.807, 2.05) is 19.2 Å². The summed E-state index contributed by atoms with van der Waals surface area (Å²) < 4.78 is 5.03. The summed E-state index contributed by atoms with van der Waals surface area (Å²) in [6.45, 7) is 8.09. The van der Waals surface area contributed by atoms with Gasteiger partial charge in [-0.2, -0.15) is 0 Å². The van der Waals surface area contributed by atoms with E-state index in [2.05, 4.69) is 38.2 Å². The number of nitrogens with one attached hydrogen (secondary N) is 1. The number of likely N-dealkylation sites (tertiary alicyclic amines) is 1. The first-order valence-electron chi connectivity index (χ1n) is 9.11. The number of carbonyl (C=O) groups excluding carboxylic acids is 2. The molecule has 0 aromatic heterocycles. The van der Waals surface area contributed by atoms with Crippen LogP contribution in [-0.2, 0) is 16.1 Å². The van der Waals surface area contributed by atoms with E-state index in [0.29, 0.717) is 6.54 Å². The van der Waals surface area contributed by atoms with Gasteiger partial charge in [0.2, 0.25) is 5.91 Å². The minimum Gasteiger partial charge on any atom is -0.497 e. The van der Waals surface area contributed by atoms with Crippen LogP contribution in [-0.4, -0.2) is 50.4 Å². The van der Waals surface area contributed by atoms with Gasteiger partial charge in [-0.15, -0.1) is 0 Å². The number of carbonyl (C=O) groups is 2. The van der Waals surface area contributed by atoms with E-state index in [0.717, 1.165) is 37.3 Å². The van der Waals surface area contributed by atoms with Crippen molar-refractivity contribution in [3.63, 3.8) is 0 Å². The first-order chi connectivity index (χ1) is 12.4. The number of amides is 1. The quantitative estimate of drug-likeness (QED) is 0.782. The Hall–Kier alpha value is -1.92. The molecular formula is C20H35N3O3. The molecule has 1 saturated heterocycles. The molecule has 26 heavy (non-hydrogen) atoms. The summed E-state index contributed by atoms with van der Waals surface area (Å²) in [4.78, 5) is 23.0. The Balaban J connectivity index is 0.000000401. The highest BCUT2D eigenvalue weighted by atomic mass is 16.5. The minimum absolute atomic E-state index is 0.00431. The van der Waals surface area contributed by atoms with Crippen LogP contribution in [0.15, 0.2) is 24.3 Å². The van der Waals surface area contributed by atoms with Crippen LogP contribution in [0.4, 0.5) is 0 Å². The third kappa shape index (κ3) is 10.2. The van der Waals surface area contributed by atoms with Gasteiger partial charge in [-0.1, -0.05) is 32.9 Å². The number of hydrogen-bond donors (Lipinski definition) is 2. The molecule has 0 bridgehead atoms. The molecule has 0 aliphatic carbocycles. The summed E-state index contributed by atoms with van der Waals surface area (Å²) in [5, 5.41) is 3.08. The van der Waals surface area contributed by atoms with E-state index in [-0.39, 0.29) is 18.5 Å². The van der Waals surface area contributed by atoms with E-state index in [9.17, 15) is 9.59 Å². The van der Waals surface area contributed by atoms with Crippen LogP contribution in [0.2, 0.25) is 0 Å². The van der Waals surface area contributed by atoms with Gasteiger partial charge in [-0.3, -0.25) is 4.79 Å². The van der Waals surface area contributed by atoms with Crippen LogP contribution in [0.1, 0.15) is 39.2 Å². The number of nitrogens with two attached hydrogens (primary N) is 1. The van der Waals surface area contributed by atoms with Gasteiger partial charge >= 0.3 is 0 Å². The highest BCUT2D eigenvalue weighted by molar-refractivity contribution is 5.81. The molecule has 0 saturated carbocycles. The Labute approximate surface area is 158 Å². The van der Waals surface area contributed by atoms with Crippen molar-refractivity contribution in [2.45, 2.75) is 46.2 Å². The predicted octanol–water partition coefficient (Wildman–Crippen LogP) is 2.21. The highest BCUT2D eigenvalue weighted by Gasteiger charge is 2.26. The first kappa shape index (κ1) is 24.1. The van der Waals surface area contributed by atoms with E-state index in [4.69, 9.17) is 10.5 Å². The molecule has 0 radical (unpaired) electrons. The second-order valence-corrected chi connectivity index (χ2v) is 6.75. The molecule has 1 fully saturated rings. The van der Waals surface area contributed by atoms with Crippen LogP contribution < -0.4 is 15.8 Å². The van der Waals surface area contributed by atoms with E-state index < -0.39 is 0 Å². The summed E-state index contributed by atoms with van der Waals surface area (Å²) in [7, 11) is 3.61. The number of hydrogen-bond acceptors (Lipinski definition) is 5. The van der Waals surface area contributed by atoms with Crippen LogP contribution in [0.5, 0.6) is 5.75 Å². The maximum atomic E-state index is 11.0. The van der Waals surface area contributed by atoms with Crippen LogP contribution >= 0.6 is 0 Å². The van der Waals surface area contributed by atoms with Gasteiger partial charge in [0.15, 0.2) is 0 Å². The fourth-order valence-corrected chi connectivity index (χ4v) is 2.31. The Morgan fingerprint density at radius 1 is 1.35 bits per heavy atom. The molecule has 0 spiro atoms. The maximum absolute atomic E-state index is 11.0. The normalized spacial score (nSPS) is 15.5. The minimum atomic E-state index is -0.217. The maximum Gasteiger partial charge on any atom is 0.236 e. The van der Waals surface area contributed by atoms with Gasteiger partial charge in [0.25, 0.3) is 0 Å². The lowest BCUT2D eigenvalue weighted by molar-refractivity contribution is -0.133. The number of rotatable bonds is 5. The van der Waals surface area contributed by atoms with Crippen molar-refractivity contribution in [1.29, 1.82) is 0 Å². The molecule has 6 nitrogen and oxygen atoms in total. The summed E-state index contributed by atoms with van der Waals surface area (Å²) in [5.74, 6) is 1.62. The Bertz CT molecular complexity index is 501. The van der Waals surface area contributed by atoms with Crippen molar-refractivity contribution < 1.29 is 14.3 Å². The molecule has 2 rings (SSSR count). The Kier molecular flexibility index (Phi) is 13.2. The van der Waals surface area contributed by atoms with Crippen molar-refractivity contribution in [3.05, 3.63) is 29.8 Å². The van der Waals surface area contributed by atoms with Crippen LogP contribution in [0, 0.1) is 5.92 Å². The molecular weight excluding hydrogens is 330 g/mol. The fraction of sp³-hybridized carbons (Fsp3) is 0.600. The van der Waals surface area contributed by atoms with Crippen LogP contribution in [0.25, 0.3) is 0 Å². The summed E-state index contributed by atoms with van der Waals surface area (Å²) in [6.07, 6.45) is 2.52. The molecule has 1 aliphatic heterocycles. The standard InChI is InChI=1S/C9H13NO.C7H12N2O2.C4H10/c1-10-7-8-3-5-9(11-2)6-4-8;8-4-7(11)9-3-1-2-6(9)5-10;1-4(2)3/h3-6,10H,7H2,1-2H3;5-6H,1-4,8H2;4H,1-3H3. The van der Waals surface area contributed by atoms with Crippen LogP contribution in [0.3, 0.4) is 0 Å². The molecule has 1 atom stereocenters. The smallest absolute Gasteiger partial charge is 0.236 e. The van der Waals surface area contributed by atoms with Crippen molar-refractivity contribution in [3.8, 4) is 5.75 Å². The SMILES string of the molecule is CC(C)C.CNCc1ccc(OC)cc1.NCC(=O)N1CCCC1C=O. The first-order valence-corrected chi connectivity index (χ1v) is 9.11. The molecule has 1 aliphatic rings. The van der Waals surface area contributed by atoms with Crippen molar-refractivity contribution in [2.24, 2.45) is 11.7 Å². The molecule has 1 heterocycles. The summed E-state index contributed by atoms with van der Waals surface area (Å²) in [6, 6.07) is 7.82. The van der Waals surface area contributed by atoms with E-state index in [1.165, 1.54) is 5.56 Å². The molecule has 1 aromatic rings. The lowest BCUT2D eigenvalue weighted by Crippen LogP contribution is -2.40. The fourth-order valence-electron chi connectivity index (χ4n) is 2.31.